The molecule has 0 radical (unpaired) electrons. The summed E-state index contributed by atoms with van der Waals surface area (Å²) >= 11 is 7.10. The number of benzene rings is 4. The van der Waals surface area contributed by atoms with Crippen LogP contribution in [0.15, 0.2) is 99.9 Å². The number of ether oxygens (including phenoxy) is 2. The van der Waals surface area contributed by atoms with Crippen molar-refractivity contribution >= 4 is 49.1 Å². The molecule has 1 N–H and O–H groups in total. The molecule has 0 saturated carbocycles. The molecule has 0 saturated heterocycles. The molecule has 1 atom stereocenters. The summed E-state index contributed by atoms with van der Waals surface area (Å²) in [5.41, 5.74) is 3.96. The SMILES string of the molecule is COc1cccc(N2C(=O)c3cc(Br)ccc3NC2c2cc(Br)ccc2OCc2ccccc2)c1. The Morgan fingerprint density at radius 3 is 2.46 bits per heavy atom. The van der Waals surface area contributed by atoms with Gasteiger partial charge < -0.3 is 14.8 Å². The number of hydrogen-bond acceptors (Lipinski definition) is 4. The fraction of sp³-hybridized carbons (Fsp3) is 0.107. The van der Waals surface area contributed by atoms with Crippen LogP contribution in [0.3, 0.4) is 0 Å². The minimum atomic E-state index is -0.508. The van der Waals surface area contributed by atoms with Crippen molar-refractivity contribution in [2.45, 2.75) is 12.8 Å². The second-order valence-electron chi connectivity index (χ2n) is 8.07. The van der Waals surface area contributed by atoms with Gasteiger partial charge in [0.15, 0.2) is 0 Å². The third kappa shape index (κ3) is 4.92. The molecule has 0 spiro atoms. The normalized spacial score (nSPS) is 14.8. The summed E-state index contributed by atoms with van der Waals surface area (Å²) < 4.78 is 13.4. The lowest BCUT2D eigenvalue weighted by Crippen LogP contribution is -2.43. The zero-order valence-electron chi connectivity index (χ0n) is 18.9. The highest BCUT2D eigenvalue weighted by atomic mass is 79.9. The molecule has 4 aromatic carbocycles. The monoisotopic (exact) mass is 592 g/mol. The highest BCUT2D eigenvalue weighted by Gasteiger charge is 2.36. The van der Waals surface area contributed by atoms with Gasteiger partial charge in [0.25, 0.3) is 5.91 Å². The maximum Gasteiger partial charge on any atom is 0.262 e. The number of rotatable bonds is 6. The molecule has 1 amide bonds. The average molecular weight is 594 g/mol. The van der Waals surface area contributed by atoms with E-state index in [0.29, 0.717) is 29.4 Å². The summed E-state index contributed by atoms with van der Waals surface area (Å²) in [6, 6.07) is 29.0. The Morgan fingerprint density at radius 2 is 1.66 bits per heavy atom. The Bertz CT molecular complexity index is 1380. The van der Waals surface area contributed by atoms with Crippen LogP contribution in [-0.4, -0.2) is 13.0 Å². The van der Waals surface area contributed by atoms with Crippen molar-refractivity contribution in [1.29, 1.82) is 0 Å². The van der Waals surface area contributed by atoms with Gasteiger partial charge in [-0.15, -0.1) is 0 Å². The molecule has 0 aliphatic carbocycles. The number of nitrogens with one attached hydrogen (secondary N) is 1. The van der Waals surface area contributed by atoms with Gasteiger partial charge in [-0.05, 0) is 54.1 Å². The number of halogens is 2. The molecule has 5 nitrogen and oxygen atoms in total. The van der Waals surface area contributed by atoms with Crippen molar-refractivity contribution in [2.24, 2.45) is 0 Å². The largest absolute Gasteiger partial charge is 0.497 e. The van der Waals surface area contributed by atoms with Gasteiger partial charge in [-0.25, -0.2) is 0 Å². The summed E-state index contributed by atoms with van der Waals surface area (Å²) in [6.45, 7) is 0.416. The molecule has 1 aliphatic rings. The van der Waals surface area contributed by atoms with E-state index in [9.17, 15) is 4.79 Å². The first-order chi connectivity index (χ1) is 17.0. The maximum absolute atomic E-state index is 13.9. The molecule has 35 heavy (non-hydrogen) atoms. The number of nitrogens with zero attached hydrogens (tertiary/aromatic N) is 1. The zero-order valence-corrected chi connectivity index (χ0v) is 22.0. The van der Waals surface area contributed by atoms with Gasteiger partial charge in [0.05, 0.1) is 18.4 Å². The molecule has 1 unspecified atom stereocenters. The molecular formula is C28H22Br2N2O3. The minimum absolute atomic E-state index is 0.118. The second kappa shape index (κ2) is 10.1. The number of fused-ring (bicyclic) bond motifs is 1. The number of carbonyl (C=O) groups excluding carboxylic acids is 1. The first-order valence-electron chi connectivity index (χ1n) is 11.0. The Balaban J connectivity index is 1.61. The molecule has 4 aromatic rings. The number of anilines is 2. The number of carbonyl (C=O) groups is 1. The van der Waals surface area contributed by atoms with E-state index in [-0.39, 0.29) is 5.91 Å². The van der Waals surface area contributed by atoms with Gasteiger partial charge in [0.2, 0.25) is 0 Å². The fourth-order valence-electron chi connectivity index (χ4n) is 4.12. The van der Waals surface area contributed by atoms with Crippen LogP contribution < -0.4 is 19.7 Å². The third-order valence-electron chi connectivity index (χ3n) is 5.82. The second-order valence-corrected chi connectivity index (χ2v) is 9.90. The number of amides is 1. The molecule has 176 valence electrons. The first kappa shape index (κ1) is 23.5. The standard InChI is InChI=1S/C28H22Br2N2O3/c1-34-22-9-5-8-21(16-22)32-27(31-25-12-10-19(29)14-23(25)28(32)33)24-15-20(30)11-13-26(24)35-17-18-6-3-2-4-7-18/h2-16,27,31H,17H2,1H3. The molecule has 1 aliphatic heterocycles. The van der Waals surface area contributed by atoms with Crippen LogP contribution in [0.2, 0.25) is 0 Å². The van der Waals surface area contributed by atoms with Crippen molar-refractivity contribution in [2.75, 3.05) is 17.3 Å². The average Bonchev–Trinajstić information content (AvgIpc) is 2.89. The van der Waals surface area contributed by atoms with Crippen molar-refractivity contribution in [3.63, 3.8) is 0 Å². The van der Waals surface area contributed by atoms with E-state index < -0.39 is 6.17 Å². The molecule has 0 aromatic heterocycles. The quantitative estimate of drug-likeness (QED) is 0.250. The van der Waals surface area contributed by atoms with Gasteiger partial charge in [-0.1, -0.05) is 68.3 Å². The summed E-state index contributed by atoms with van der Waals surface area (Å²) in [5.74, 6) is 1.24. The lowest BCUT2D eigenvalue weighted by atomic mass is 10.0. The molecule has 1 heterocycles. The van der Waals surface area contributed by atoms with Crippen LogP contribution in [0.5, 0.6) is 11.5 Å². The van der Waals surface area contributed by atoms with Crippen molar-refractivity contribution in [3.8, 4) is 11.5 Å². The lowest BCUT2D eigenvalue weighted by Gasteiger charge is -2.39. The lowest BCUT2D eigenvalue weighted by molar-refractivity contribution is 0.0974. The van der Waals surface area contributed by atoms with Gasteiger partial charge in [0.1, 0.15) is 24.3 Å². The fourth-order valence-corrected chi connectivity index (χ4v) is 4.86. The van der Waals surface area contributed by atoms with Gasteiger partial charge >= 0.3 is 0 Å². The first-order valence-corrected chi connectivity index (χ1v) is 12.6. The molecular weight excluding hydrogens is 572 g/mol. The van der Waals surface area contributed by atoms with E-state index in [1.54, 1.807) is 12.0 Å². The Labute approximate surface area is 220 Å². The van der Waals surface area contributed by atoms with Crippen LogP contribution in [0, 0.1) is 0 Å². The van der Waals surface area contributed by atoms with Crippen molar-refractivity contribution < 1.29 is 14.3 Å². The maximum atomic E-state index is 13.9. The van der Waals surface area contributed by atoms with Gasteiger partial charge in [0, 0.05) is 26.3 Å². The number of methoxy groups -OCH3 is 1. The van der Waals surface area contributed by atoms with E-state index in [0.717, 1.165) is 25.8 Å². The van der Waals surface area contributed by atoms with Crippen molar-refractivity contribution in [1.82, 2.24) is 0 Å². The topological polar surface area (TPSA) is 50.8 Å². The van der Waals surface area contributed by atoms with E-state index in [4.69, 9.17) is 9.47 Å². The molecule has 5 rings (SSSR count). The van der Waals surface area contributed by atoms with Crippen molar-refractivity contribution in [3.05, 3.63) is 117 Å². The summed E-state index contributed by atoms with van der Waals surface area (Å²) in [6.07, 6.45) is -0.508. The van der Waals surface area contributed by atoms with Gasteiger partial charge in [-0.2, -0.15) is 0 Å². The highest BCUT2D eigenvalue weighted by molar-refractivity contribution is 9.10. The van der Waals surface area contributed by atoms with E-state index in [1.807, 2.05) is 91.0 Å². The Morgan fingerprint density at radius 1 is 0.886 bits per heavy atom. The predicted octanol–water partition coefficient (Wildman–Crippen LogP) is 7.57. The van der Waals surface area contributed by atoms with Crippen LogP contribution >= 0.6 is 31.9 Å². The molecule has 7 heteroatoms. The zero-order chi connectivity index (χ0) is 24.4. The predicted molar refractivity (Wildman–Crippen MR) is 145 cm³/mol. The minimum Gasteiger partial charge on any atom is -0.497 e. The third-order valence-corrected chi connectivity index (χ3v) is 6.80. The van der Waals surface area contributed by atoms with E-state index in [1.165, 1.54) is 0 Å². The molecule has 0 bridgehead atoms. The van der Waals surface area contributed by atoms with Crippen LogP contribution in [0.4, 0.5) is 11.4 Å². The van der Waals surface area contributed by atoms with Crippen LogP contribution in [-0.2, 0) is 6.61 Å². The Kier molecular flexibility index (Phi) is 6.79. The summed E-state index contributed by atoms with van der Waals surface area (Å²) in [5, 5.41) is 3.57. The smallest absolute Gasteiger partial charge is 0.262 e. The summed E-state index contributed by atoms with van der Waals surface area (Å²) in [7, 11) is 1.61. The Hall–Kier alpha value is -3.29. The van der Waals surface area contributed by atoms with Crippen LogP contribution in [0.1, 0.15) is 27.7 Å². The van der Waals surface area contributed by atoms with E-state index >= 15 is 0 Å². The number of hydrogen-bond donors (Lipinski definition) is 1. The summed E-state index contributed by atoms with van der Waals surface area (Å²) in [4.78, 5) is 15.6. The molecule has 0 fully saturated rings. The van der Waals surface area contributed by atoms with E-state index in [2.05, 4.69) is 37.2 Å². The van der Waals surface area contributed by atoms with Gasteiger partial charge in [-0.3, -0.25) is 9.69 Å². The highest BCUT2D eigenvalue weighted by Crippen LogP contribution is 2.42. The van der Waals surface area contributed by atoms with Crippen LogP contribution in [0.25, 0.3) is 0 Å².